The second-order valence-electron chi connectivity index (χ2n) is 8.11. The van der Waals surface area contributed by atoms with Gasteiger partial charge in [-0.1, -0.05) is 26.0 Å². The van der Waals surface area contributed by atoms with Crippen molar-refractivity contribution >= 4 is 17.5 Å². The Bertz CT molecular complexity index is 795. The first-order chi connectivity index (χ1) is 12.6. The Morgan fingerprint density at radius 3 is 2.48 bits per heavy atom. The molecule has 1 aromatic rings. The Hall–Kier alpha value is -2.08. The van der Waals surface area contributed by atoms with Crippen LogP contribution in [0.5, 0.6) is 0 Å². The van der Waals surface area contributed by atoms with Gasteiger partial charge in [0.1, 0.15) is 17.3 Å². The number of ether oxygens (including phenoxy) is 2. The summed E-state index contributed by atoms with van der Waals surface area (Å²) in [6.07, 6.45) is -0.123. The second kappa shape index (κ2) is 6.51. The summed E-state index contributed by atoms with van der Waals surface area (Å²) in [6, 6.07) is 4.39. The topological polar surface area (TPSA) is 69.7 Å². The molecule has 2 aliphatic rings. The predicted molar refractivity (Wildman–Crippen MR) is 95.7 cm³/mol. The average molecular weight is 376 g/mol. The molecule has 0 radical (unpaired) electrons. The third kappa shape index (κ3) is 2.42. The third-order valence-electron chi connectivity index (χ3n) is 6.85. The van der Waals surface area contributed by atoms with Crippen molar-refractivity contribution in [2.75, 3.05) is 14.2 Å². The minimum Gasteiger partial charge on any atom is -0.468 e. The normalized spacial score (nSPS) is 29.6. The summed E-state index contributed by atoms with van der Waals surface area (Å²) in [5, 5.41) is 0. The summed E-state index contributed by atoms with van der Waals surface area (Å²) >= 11 is 0. The minimum absolute atomic E-state index is 0.0650. The van der Waals surface area contributed by atoms with Crippen molar-refractivity contribution in [2.24, 2.45) is 22.7 Å². The lowest BCUT2D eigenvalue weighted by Crippen LogP contribution is -2.47. The van der Waals surface area contributed by atoms with Gasteiger partial charge in [0.05, 0.1) is 18.6 Å². The molecule has 27 heavy (non-hydrogen) atoms. The van der Waals surface area contributed by atoms with E-state index in [9.17, 15) is 18.8 Å². The summed E-state index contributed by atoms with van der Waals surface area (Å²) in [5.74, 6) is -3.11. The summed E-state index contributed by atoms with van der Waals surface area (Å²) in [4.78, 5) is 39.1. The molecule has 3 rings (SSSR count). The van der Waals surface area contributed by atoms with Crippen LogP contribution in [0.25, 0.3) is 0 Å². The van der Waals surface area contributed by atoms with Crippen molar-refractivity contribution in [2.45, 2.75) is 39.7 Å². The van der Waals surface area contributed by atoms with E-state index in [0.717, 1.165) is 0 Å². The number of hydrogen-bond acceptors (Lipinski definition) is 5. The largest absolute Gasteiger partial charge is 0.468 e. The molecule has 0 amide bonds. The molecule has 4 unspecified atom stereocenters. The Labute approximate surface area is 158 Å². The van der Waals surface area contributed by atoms with Crippen molar-refractivity contribution in [1.82, 2.24) is 0 Å². The van der Waals surface area contributed by atoms with E-state index in [1.807, 2.05) is 13.8 Å². The van der Waals surface area contributed by atoms with Gasteiger partial charge in [-0.15, -0.1) is 0 Å². The number of fused-ring (bicyclic) bond motifs is 2. The highest BCUT2D eigenvalue weighted by atomic mass is 19.1. The zero-order valence-corrected chi connectivity index (χ0v) is 16.3. The number of halogens is 1. The SMILES string of the molecule is COC(=O)C12CCC(C(C(OC)C(=O)c3c(C)cccc3F)C1=O)C2(C)C. The number of ketones is 2. The van der Waals surface area contributed by atoms with Gasteiger partial charge < -0.3 is 9.47 Å². The van der Waals surface area contributed by atoms with Crippen molar-refractivity contribution in [3.63, 3.8) is 0 Å². The minimum atomic E-state index is -1.28. The van der Waals surface area contributed by atoms with Gasteiger partial charge in [-0.3, -0.25) is 14.4 Å². The Morgan fingerprint density at radius 2 is 1.93 bits per heavy atom. The maximum atomic E-state index is 14.3. The van der Waals surface area contributed by atoms with Crippen molar-refractivity contribution < 1.29 is 28.2 Å². The molecule has 0 aromatic heterocycles. The molecule has 1 aromatic carbocycles. The molecule has 146 valence electrons. The van der Waals surface area contributed by atoms with Crippen LogP contribution in [-0.2, 0) is 19.1 Å². The van der Waals surface area contributed by atoms with Gasteiger partial charge in [0.25, 0.3) is 0 Å². The molecule has 4 atom stereocenters. The van der Waals surface area contributed by atoms with Gasteiger partial charge in [-0.25, -0.2) is 4.39 Å². The maximum absolute atomic E-state index is 14.3. The molecule has 2 saturated carbocycles. The number of benzene rings is 1. The van der Waals surface area contributed by atoms with Crippen LogP contribution >= 0.6 is 0 Å². The highest BCUT2D eigenvalue weighted by Crippen LogP contribution is 2.67. The quantitative estimate of drug-likeness (QED) is 0.449. The smallest absolute Gasteiger partial charge is 0.319 e. The fraction of sp³-hybridized carbons (Fsp3) is 0.571. The number of carbonyl (C=O) groups is 3. The molecular weight excluding hydrogens is 351 g/mol. The summed E-state index contributed by atoms with van der Waals surface area (Å²) in [7, 11) is 2.61. The average Bonchev–Trinajstić information content (AvgIpc) is 2.97. The first kappa shape index (κ1) is 19.7. The van der Waals surface area contributed by atoms with Crippen LogP contribution in [0.4, 0.5) is 4.39 Å². The highest BCUT2D eigenvalue weighted by molar-refractivity contribution is 6.12. The molecule has 0 N–H and O–H groups in total. The van der Waals surface area contributed by atoms with Gasteiger partial charge in [-0.05, 0) is 42.7 Å². The van der Waals surface area contributed by atoms with Crippen LogP contribution in [0.3, 0.4) is 0 Å². The van der Waals surface area contributed by atoms with Crippen molar-refractivity contribution in [3.8, 4) is 0 Å². The molecule has 2 bridgehead atoms. The van der Waals surface area contributed by atoms with E-state index in [1.165, 1.54) is 26.4 Å². The number of esters is 1. The first-order valence-electron chi connectivity index (χ1n) is 9.10. The summed E-state index contributed by atoms with van der Waals surface area (Å²) < 4.78 is 24.8. The lowest BCUT2D eigenvalue weighted by atomic mass is 9.69. The molecule has 0 aliphatic heterocycles. The van der Waals surface area contributed by atoms with Gasteiger partial charge in [-0.2, -0.15) is 0 Å². The van der Waals surface area contributed by atoms with Crippen LogP contribution in [-0.4, -0.2) is 37.9 Å². The number of methoxy groups -OCH3 is 2. The van der Waals surface area contributed by atoms with Crippen LogP contribution in [0.15, 0.2) is 18.2 Å². The zero-order chi connectivity index (χ0) is 20.1. The van der Waals surface area contributed by atoms with E-state index in [4.69, 9.17) is 9.47 Å². The number of carbonyl (C=O) groups excluding carboxylic acids is 3. The summed E-state index contributed by atoms with van der Waals surface area (Å²) in [6.45, 7) is 5.38. The van der Waals surface area contributed by atoms with Gasteiger partial charge in [0, 0.05) is 7.11 Å². The second-order valence-corrected chi connectivity index (χ2v) is 8.11. The number of aryl methyl sites for hydroxylation is 1. The Balaban J connectivity index is 2.06. The van der Waals surface area contributed by atoms with Gasteiger partial charge >= 0.3 is 5.97 Å². The maximum Gasteiger partial charge on any atom is 0.319 e. The van der Waals surface area contributed by atoms with E-state index in [2.05, 4.69) is 0 Å². The fourth-order valence-electron chi connectivity index (χ4n) is 5.40. The Kier molecular flexibility index (Phi) is 4.75. The Morgan fingerprint density at radius 1 is 1.26 bits per heavy atom. The molecular formula is C21H25FO5. The molecule has 0 heterocycles. The molecule has 6 heteroatoms. The van der Waals surface area contributed by atoms with Crippen LogP contribution < -0.4 is 0 Å². The predicted octanol–water partition coefficient (Wildman–Crippen LogP) is 3.13. The lowest BCUT2D eigenvalue weighted by Gasteiger charge is -2.33. The molecule has 2 aliphatic carbocycles. The number of rotatable bonds is 5. The van der Waals surface area contributed by atoms with E-state index >= 15 is 0 Å². The van der Waals surface area contributed by atoms with E-state index in [1.54, 1.807) is 13.0 Å². The standard InChI is InChI=1S/C21H25FO5/c1-11-7-6-8-13(22)14(11)16(23)17(26-4)15-12-9-10-21(18(15)24,19(25)27-5)20(12,2)3/h6-8,12,15,17H,9-10H2,1-5H3. The fourth-order valence-corrected chi connectivity index (χ4v) is 5.40. The van der Waals surface area contributed by atoms with Crippen molar-refractivity contribution in [1.29, 1.82) is 0 Å². The lowest BCUT2D eigenvalue weighted by molar-refractivity contribution is -0.162. The van der Waals surface area contributed by atoms with Crippen molar-refractivity contribution in [3.05, 3.63) is 35.1 Å². The van der Waals surface area contributed by atoms with Gasteiger partial charge in [0.15, 0.2) is 11.6 Å². The monoisotopic (exact) mass is 376 g/mol. The van der Waals surface area contributed by atoms with Crippen LogP contribution in [0.2, 0.25) is 0 Å². The zero-order valence-electron chi connectivity index (χ0n) is 16.3. The molecule has 0 saturated heterocycles. The molecule has 0 spiro atoms. The van der Waals surface area contributed by atoms with Crippen LogP contribution in [0.1, 0.15) is 42.6 Å². The number of Topliss-reactive ketones (excluding diaryl/α,β-unsaturated/α-hetero) is 2. The summed E-state index contributed by atoms with van der Waals surface area (Å²) in [5.41, 5.74) is -1.52. The van der Waals surface area contributed by atoms with Crippen LogP contribution in [0, 0.1) is 35.4 Å². The van der Waals surface area contributed by atoms with Gasteiger partial charge in [0.2, 0.25) is 0 Å². The van der Waals surface area contributed by atoms with E-state index < -0.39 is 40.4 Å². The van der Waals surface area contributed by atoms with E-state index in [-0.39, 0.29) is 17.3 Å². The van der Waals surface area contributed by atoms with E-state index in [0.29, 0.717) is 18.4 Å². The highest BCUT2D eigenvalue weighted by Gasteiger charge is 2.74. The molecule has 5 nitrogen and oxygen atoms in total. The number of hydrogen-bond donors (Lipinski definition) is 0. The first-order valence-corrected chi connectivity index (χ1v) is 9.10. The third-order valence-corrected chi connectivity index (χ3v) is 6.85. The molecule has 2 fully saturated rings.